The fourth-order valence-corrected chi connectivity index (χ4v) is 3.33. The molecule has 0 spiro atoms. The van der Waals surface area contributed by atoms with E-state index in [1.165, 1.54) is 4.90 Å². The number of rotatable bonds is 7. The monoisotopic (exact) mass is 369 g/mol. The zero-order valence-electron chi connectivity index (χ0n) is 15.3. The van der Waals surface area contributed by atoms with Gasteiger partial charge < -0.3 is 19.5 Å². The van der Waals surface area contributed by atoms with Gasteiger partial charge in [-0.05, 0) is 35.7 Å². The second-order valence-corrected chi connectivity index (χ2v) is 6.41. The molecule has 6 nitrogen and oxygen atoms in total. The van der Waals surface area contributed by atoms with Crippen LogP contribution in [-0.2, 0) is 16.0 Å². The molecule has 2 aromatic rings. The summed E-state index contributed by atoms with van der Waals surface area (Å²) in [4.78, 5) is 26.4. The molecule has 0 fully saturated rings. The smallest absolute Gasteiger partial charge is 0.331 e. The quantitative estimate of drug-likeness (QED) is 0.760. The van der Waals surface area contributed by atoms with Crippen molar-refractivity contribution in [3.8, 4) is 5.75 Å². The summed E-state index contributed by atoms with van der Waals surface area (Å²) in [6.45, 7) is 1.46. The topological polar surface area (TPSA) is 76.1 Å². The molecule has 1 unspecified atom stereocenters. The molecule has 0 aliphatic carbocycles. The van der Waals surface area contributed by atoms with Gasteiger partial charge in [0.05, 0.1) is 6.61 Å². The lowest BCUT2D eigenvalue weighted by Gasteiger charge is -2.34. The summed E-state index contributed by atoms with van der Waals surface area (Å²) in [5.41, 5.74) is 2.07. The lowest BCUT2D eigenvalue weighted by molar-refractivity contribution is -0.143. The Morgan fingerprint density at radius 1 is 1.15 bits per heavy atom. The third kappa shape index (κ3) is 4.28. The Balaban J connectivity index is 1.80. The lowest BCUT2D eigenvalue weighted by atomic mass is 9.92. The van der Waals surface area contributed by atoms with Crippen LogP contribution < -0.4 is 4.74 Å². The van der Waals surface area contributed by atoms with Crippen LogP contribution in [0.1, 0.15) is 33.9 Å². The van der Waals surface area contributed by atoms with E-state index in [9.17, 15) is 14.7 Å². The molecule has 1 aliphatic rings. The molecule has 1 amide bonds. The van der Waals surface area contributed by atoms with Gasteiger partial charge in [0.2, 0.25) is 0 Å². The number of carboxylic acid groups (broad SMARTS) is 1. The Morgan fingerprint density at radius 3 is 2.74 bits per heavy atom. The van der Waals surface area contributed by atoms with Crippen molar-refractivity contribution in [3.05, 3.63) is 65.2 Å². The van der Waals surface area contributed by atoms with E-state index in [-0.39, 0.29) is 5.91 Å². The highest BCUT2D eigenvalue weighted by atomic mass is 16.5. The van der Waals surface area contributed by atoms with Crippen molar-refractivity contribution in [2.75, 3.05) is 26.9 Å². The molecule has 0 bridgehead atoms. The van der Waals surface area contributed by atoms with E-state index in [1.807, 2.05) is 12.1 Å². The van der Waals surface area contributed by atoms with Crippen LogP contribution in [0.3, 0.4) is 0 Å². The number of carbonyl (C=O) groups is 2. The number of ether oxygens (including phenoxy) is 2. The highest BCUT2D eigenvalue weighted by Gasteiger charge is 2.36. The number of nitrogens with zero attached hydrogens (tertiary/aromatic N) is 1. The van der Waals surface area contributed by atoms with Gasteiger partial charge in [0.15, 0.2) is 6.04 Å². The third-order valence-corrected chi connectivity index (χ3v) is 4.62. The second-order valence-electron chi connectivity index (χ2n) is 6.41. The SMILES string of the molecule is COCCCOc1cccc(C(=O)N2CCc3ccccc3C2C(=O)O)c1. The van der Waals surface area contributed by atoms with E-state index in [4.69, 9.17) is 9.47 Å². The van der Waals surface area contributed by atoms with Crippen molar-refractivity contribution in [3.63, 3.8) is 0 Å². The van der Waals surface area contributed by atoms with Crippen LogP contribution in [0.5, 0.6) is 5.75 Å². The van der Waals surface area contributed by atoms with Crippen molar-refractivity contribution in [1.82, 2.24) is 4.90 Å². The van der Waals surface area contributed by atoms with Crippen molar-refractivity contribution >= 4 is 11.9 Å². The van der Waals surface area contributed by atoms with Gasteiger partial charge in [-0.3, -0.25) is 4.79 Å². The van der Waals surface area contributed by atoms with E-state index in [1.54, 1.807) is 43.5 Å². The van der Waals surface area contributed by atoms with E-state index >= 15 is 0 Å². The Labute approximate surface area is 158 Å². The van der Waals surface area contributed by atoms with Gasteiger partial charge >= 0.3 is 5.97 Å². The lowest BCUT2D eigenvalue weighted by Crippen LogP contribution is -2.43. The molecule has 27 heavy (non-hydrogen) atoms. The summed E-state index contributed by atoms with van der Waals surface area (Å²) < 4.78 is 10.6. The van der Waals surface area contributed by atoms with E-state index in [0.717, 1.165) is 12.0 Å². The number of carbonyl (C=O) groups excluding carboxylic acids is 1. The maximum Gasteiger partial charge on any atom is 0.331 e. The van der Waals surface area contributed by atoms with Crippen LogP contribution in [0.4, 0.5) is 0 Å². The Hall–Kier alpha value is -2.86. The summed E-state index contributed by atoms with van der Waals surface area (Å²) in [6.07, 6.45) is 1.39. The van der Waals surface area contributed by atoms with Gasteiger partial charge in [-0.1, -0.05) is 30.3 Å². The molecular formula is C21H23NO5. The Kier molecular flexibility index (Phi) is 6.08. The first-order valence-electron chi connectivity index (χ1n) is 8.95. The van der Waals surface area contributed by atoms with Crippen LogP contribution >= 0.6 is 0 Å². The number of hydrogen-bond acceptors (Lipinski definition) is 4. The number of fused-ring (bicyclic) bond motifs is 1. The second kappa shape index (κ2) is 8.68. The molecule has 1 heterocycles. The minimum absolute atomic E-state index is 0.306. The van der Waals surface area contributed by atoms with Crippen LogP contribution in [0.25, 0.3) is 0 Å². The number of benzene rings is 2. The predicted molar refractivity (Wildman–Crippen MR) is 100.0 cm³/mol. The predicted octanol–water partition coefficient (Wildman–Crippen LogP) is 2.93. The van der Waals surface area contributed by atoms with Gasteiger partial charge in [-0.15, -0.1) is 0 Å². The Bertz CT molecular complexity index is 820. The van der Waals surface area contributed by atoms with Gasteiger partial charge in [0, 0.05) is 32.2 Å². The molecular weight excluding hydrogens is 346 g/mol. The highest BCUT2D eigenvalue weighted by Crippen LogP contribution is 2.31. The largest absolute Gasteiger partial charge is 0.493 e. The van der Waals surface area contributed by atoms with Gasteiger partial charge in [-0.25, -0.2) is 4.79 Å². The molecule has 6 heteroatoms. The molecule has 1 N–H and O–H groups in total. The summed E-state index contributed by atoms with van der Waals surface area (Å²) in [7, 11) is 1.63. The summed E-state index contributed by atoms with van der Waals surface area (Å²) in [5.74, 6) is -0.747. The third-order valence-electron chi connectivity index (χ3n) is 4.62. The van der Waals surface area contributed by atoms with Crippen LogP contribution in [0, 0.1) is 0 Å². The van der Waals surface area contributed by atoms with Crippen molar-refractivity contribution in [2.24, 2.45) is 0 Å². The van der Waals surface area contributed by atoms with Crippen molar-refractivity contribution in [2.45, 2.75) is 18.9 Å². The number of aliphatic carboxylic acids is 1. The molecule has 1 aliphatic heterocycles. The van der Waals surface area contributed by atoms with Gasteiger partial charge in [0.1, 0.15) is 5.75 Å². The molecule has 0 saturated heterocycles. The van der Waals surface area contributed by atoms with Crippen LogP contribution in [0.15, 0.2) is 48.5 Å². The normalized spacial score (nSPS) is 15.9. The standard InChI is InChI=1S/C21H23NO5/c1-26-12-5-13-27-17-8-4-7-16(14-17)20(23)22-11-10-15-6-2-3-9-18(15)19(22)21(24)25/h2-4,6-9,14,19H,5,10-13H2,1H3,(H,24,25). The van der Waals surface area contributed by atoms with E-state index in [0.29, 0.717) is 43.1 Å². The minimum atomic E-state index is -1.03. The highest BCUT2D eigenvalue weighted by molar-refractivity contribution is 5.97. The average molecular weight is 369 g/mol. The fourth-order valence-electron chi connectivity index (χ4n) is 3.33. The first kappa shape index (κ1) is 18.9. The first-order valence-corrected chi connectivity index (χ1v) is 8.95. The van der Waals surface area contributed by atoms with Gasteiger partial charge in [-0.2, -0.15) is 0 Å². The van der Waals surface area contributed by atoms with Crippen molar-refractivity contribution < 1.29 is 24.2 Å². The zero-order valence-corrected chi connectivity index (χ0v) is 15.3. The molecule has 142 valence electrons. The average Bonchev–Trinajstić information content (AvgIpc) is 2.70. The van der Waals surface area contributed by atoms with Crippen LogP contribution in [-0.4, -0.2) is 48.8 Å². The van der Waals surface area contributed by atoms with E-state index in [2.05, 4.69) is 0 Å². The minimum Gasteiger partial charge on any atom is -0.493 e. The van der Waals surface area contributed by atoms with Crippen LogP contribution in [0.2, 0.25) is 0 Å². The zero-order chi connectivity index (χ0) is 19.2. The maximum absolute atomic E-state index is 13.0. The summed E-state index contributed by atoms with van der Waals surface area (Å²) in [6, 6.07) is 13.3. The molecule has 2 aromatic carbocycles. The summed E-state index contributed by atoms with van der Waals surface area (Å²) >= 11 is 0. The van der Waals surface area contributed by atoms with Gasteiger partial charge in [0.25, 0.3) is 5.91 Å². The first-order chi connectivity index (χ1) is 13.1. The number of carboxylic acids is 1. The molecule has 3 rings (SSSR count). The molecule has 0 aromatic heterocycles. The number of hydrogen-bond donors (Lipinski definition) is 1. The Morgan fingerprint density at radius 2 is 1.96 bits per heavy atom. The summed E-state index contributed by atoms with van der Waals surface area (Å²) in [5, 5.41) is 9.74. The van der Waals surface area contributed by atoms with Crippen molar-refractivity contribution in [1.29, 1.82) is 0 Å². The van der Waals surface area contributed by atoms with E-state index < -0.39 is 12.0 Å². The number of amides is 1. The molecule has 0 radical (unpaired) electrons. The molecule has 0 saturated carbocycles. The number of methoxy groups -OCH3 is 1. The maximum atomic E-state index is 13.0. The molecule has 1 atom stereocenters. The fraction of sp³-hybridized carbons (Fsp3) is 0.333.